The van der Waals surface area contributed by atoms with Crippen LogP contribution in [0.15, 0.2) is 51.3 Å². The van der Waals surface area contributed by atoms with Gasteiger partial charge in [-0.3, -0.25) is 0 Å². The van der Waals surface area contributed by atoms with Gasteiger partial charge in [0, 0.05) is 54.9 Å². The molecule has 0 atom stereocenters. The smallest absolute Gasteiger partial charge is 0.202 e. The monoisotopic (exact) mass is 442 g/mol. The Morgan fingerprint density at radius 1 is 1.16 bits per heavy atom. The van der Waals surface area contributed by atoms with E-state index in [-0.39, 0.29) is 12.4 Å². The van der Waals surface area contributed by atoms with Crippen molar-refractivity contribution in [2.45, 2.75) is 34.7 Å². The normalized spacial score (nSPS) is 18.7. The highest BCUT2D eigenvalue weighted by Gasteiger charge is 2.35. The molecule has 31 heavy (non-hydrogen) atoms. The molecule has 2 aromatic rings. The molecule has 2 heterocycles. The van der Waals surface area contributed by atoms with Crippen molar-refractivity contribution in [2.24, 2.45) is 5.16 Å². The lowest BCUT2D eigenvalue weighted by Crippen LogP contribution is -2.35. The van der Waals surface area contributed by atoms with E-state index in [2.05, 4.69) is 5.16 Å². The summed E-state index contributed by atoms with van der Waals surface area (Å²) in [6.45, 7) is 1.58. The second-order valence-electron chi connectivity index (χ2n) is 7.31. The third kappa shape index (κ3) is 4.85. The van der Waals surface area contributed by atoms with Crippen molar-refractivity contribution in [3.05, 3.63) is 53.3 Å². The first-order valence-electron chi connectivity index (χ1n) is 10.1. The molecule has 0 radical (unpaired) electrons. The summed E-state index contributed by atoms with van der Waals surface area (Å²) in [6.07, 6.45) is 2.00. The van der Waals surface area contributed by atoms with E-state index in [0.717, 1.165) is 26.6 Å². The molecule has 6 nitrogen and oxygen atoms in total. The number of hydrogen-bond donors (Lipinski definition) is 0. The number of nitrogens with zero attached hydrogens (tertiary/aromatic N) is 2. The third-order valence-corrected chi connectivity index (χ3v) is 6.45. The predicted molar refractivity (Wildman–Crippen MR) is 114 cm³/mol. The minimum Gasteiger partial charge on any atom is -0.492 e. The van der Waals surface area contributed by atoms with Crippen molar-refractivity contribution in [3.63, 3.8) is 0 Å². The largest absolute Gasteiger partial charge is 0.492 e. The van der Waals surface area contributed by atoms with Gasteiger partial charge < -0.3 is 19.0 Å². The van der Waals surface area contributed by atoms with Gasteiger partial charge in [-0.05, 0) is 42.0 Å². The molecule has 0 aromatic heterocycles. The molecule has 2 aliphatic rings. The van der Waals surface area contributed by atoms with Crippen molar-refractivity contribution in [2.75, 3.05) is 33.5 Å². The van der Waals surface area contributed by atoms with Crippen LogP contribution in [0, 0.1) is 17.1 Å². The zero-order chi connectivity index (χ0) is 21.7. The molecule has 1 saturated heterocycles. The number of hydrogen-bond acceptors (Lipinski definition) is 7. The van der Waals surface area contributed by atoms with E-state index in [1.165, 1.54) is 17.8 Å². The highest BCUT2D eigenvalue weighted by molar-refractivity contribution is 7.99. The summed E-state index contributed by atoms with van der Waals surface area (Å²) < 4.78 is 31.6. The first-order valence-corrected chi connectivity index (χ1v) is 10.9. The van der Waals surface area contributed by atoms with Crippen LogP contribution in [-0.2, 0) is 19.9 Å². The number of halogens is 1. The fraction of sp³-hybridized carbons (Fsp3) is 0.391. The molecule has 2 aliphatic heterocycles. The van der Waals surface area contributed by atoms with Gasteiger partial charge in [-0.25, -0.2) is 4.39 Å². The summed E-state index contributed by atoms with van der Waals surface area (Å²) in [5, 5.41) is 12.7. The van der Waals surface area contributed by atoms with E-state index in [0.29, 0.717) is 44.8 Å². The zero-order valence-corrected chi connectivity index (χ0v) is 18.0. The van der Waals surface area contributed by atoms with Crippen LogP contribution < -0.4 is 4.74 Å². The highest BCUT2D eigenvalue weighted by atomic mass is 32.2. The second kappa shape index (κ2) is 9.69. The maximum Gasteiger partial charge on any atom is 0.202 e. The van der Waals surface area contributed by atoms with Crippen molar-refractivity contribution in [1.82, 2.24) is 0 Å². The van der Waals surface area contributed by atoms with Gasteiger partial charge in [-0.1, -0.05) is 16.9 Å². The Morgan fingerprint density at radius 3 is 2.77 bits per heavy atom. The lowest BCUT2D eigenvalue weighted by atomic mass is 9.86. The Morgan fingerprint density at radius 2 is 2.00 bits per heavy atom. The third-order valence-electron chi connectivity index (χ3n) is 5.49. The topological polar surface area (TPSA) is 73.1 Å². The van der Waals surface area contributed by atoms with Gasteiger partial charge in [-0.2, -0.15) is 5.26 Å². The Kier molecular flexibility index (Phi) is 6.76. The van der Waals surface area contributed by atoms with Crippen molar-refractivity contribution in [3.8, 4) is 11.8 Å². The second-order valence-corrected chi connectivity index (χ2v) is 8.46. The molecule has 2 aromatic carbocycles. The van der Waals surface area contributed by atoms with Gasteiger partial charge in [0.25, 0.3) is 0 Å². The quantitative estimate of drug-likeness (QED) is 0.479. The van der Waals surface area contributed by atoms with Crippen molar-refractivity contribution < 1.29 is 23.4 Å². The average Bonchev–Trinajstić information content (AvgIpc) is 2.79. The van der Waals surface area contributed by atoms with Crippen LogP contribution in [0.3, 0.4) is 0 Å². The molecular weight excluding hydrogens is 419 g/mol. The molecule has 0 unspecified atom stereocenters. The fourth-order valence-electron chi connectivity index (χ4n) is 3.88. The number of benzene rings is 2. The van der Waals surface area contributed by atoms with E-state index in [1.54, 1.807) is 13.2 Å². The Labute approximate surface area is 184 Å². The molecule has 4 rings (SSSR count). The number of ether oxygens (including phenoxy) is 3. The number of oxime groups is 1. The summed E-state index contributed by atoms with van der Waals surface area (Å²) in [5.74, 6) is 0.408. The standard InChI is InChI=1S/C23H23FN2O4S/c1-27-23(5-9-28-10-6-23)16-12-17(24)14-19(13-16)31-18-2-3-20-21(26-30-11-7-25)4-8-29-22(20)15-18/h2-3,12-15H,4-6,8-11H2,1H3/b26-21+. The molecule has 0 bridgehead atoms. The summed E-state index contributed by atoms with van der Waals surface area (Å²) in [7, 11) is 1.67. The lowest BCUT2D eigenvalue weighted by molar-refractivity contribution is -0.0950. The molecular formula is C23H23FN2O4S. The van der Waals surface area contributed by atoms with Crippen LogP contribution in [0.1, 0.15) is 30.4 Å². The molecule has 0 saturated carbocycles. The summed E-state index contributed by atoms with van der Waals surface area (Å²) in [4.78, 5) is 6.73. The van der Waals surface area contributed by atoms with E-state index in [4.69, 9.17) is 24.3 Å². The molecule has 0 spiro atoms. The van der Waals surface area contributed by atoms with Crippen LogP contribution in [-0.4, -0.2) is 39.2 Å². The zero-order valence-electron chi connectivity index (χ0n) is 17.2. The van der Waals surface area contributed by atoms with E-state index in [1.807, 2.05) is 30.3 Å². The fourth-order valence-corrected chi connectivity index (χ4v) is 4.81. The minimum absolute atomic E-state index is 0.0926. The summed E-state index contributed by atoms with van der Waals surface area (Å²) >= 11 is 1.46. The first-order chi connectivity index (χ1) is 15.1. The average molecular weight is 443 g/mol. The maximum absolute atomic E-state index is 14.5. The first kappa shape index (κ1) is 21.6. The van der Waals surface area contributed by atoms with Crippen LogP contribution in [0.2, 0.25) is 0 Å². The van der Waals surface area contributed by atoms with Crippen LogP contribution >= 0.6 is 11.8 Å². The van der Waals surface area contributed by atoms with Crippen LogP contribution in [0.4, 0.5) is 4.39 Å². The van der Waals surface area contributed by atoms with E-state index in [9.17, 15) is 4.39 Å². The lowest BCUT2D eigenvalue weighted by Gasteiger charge is -2.36. The highest BCUT2D eigenvalue weighted by Crippen LogP contribution is 2.40. The van der Waals surface area contributed by atoms with Gasteiger partial charge in [0.05, 0.1) is 17.9 Å². The predicted octanol–water partition coefficient (Wildman–Crippen LogP) is 4.66. The van der Waals surface area contributed by atoms with Gasteiger partial charge in [0.15, 0.2) is 0 Å². The van der Waals surface area contributed by atoms with Crippen molar-refractivity contribution in [1.29, 1.82) is 5.26 Å². The van der Waals surface area contributed by atoms with Gasteiger partial charge in [0.1, 0.15) is 17.6 Å². The Hall–Kier alpha value is -2.60. The van der Waals surface area contributed by atoms with Gasteiger partial charge >= 0.3 is 0 Å². The number of methoxy groups -OCH3 is 1. The number of fused-ring (bicyclic) bond motifs is 1. The van der Waals surface area contributed by atoms with Gasteiger partial charge in [-0.15, -0.1) is 0 Å². The summed E-state index contributed by atoms with van der Waals surface area (Å²) in [6, 6.07) is 12.8. The Bertz CT molecular complexity index is 1020. The molecule has 0 amide bonds. The summed E-state index contributed by atoms with van der Waals surface area (Å²) in [5.41, 5.74) is 1.90. The van der Waals surface area contributed by atoms with E-state index >= 15 is 0 Å². The van der Waals surface area contributed by atoms with Gasteiger partial charge in [0.2, 0.25) is 6.61 Å². The molecule has 8 heteroatoms. The molecule has 0 aliphatic carbocycles. The SMILES string of the molecule is COC1(c2cc(F)cc(Sc3ccc4c(c3)OCC/C4=N\OCC#N)c2)CCOCC1. The number of rotatable bonds is 6. The van der Waals surface area contributed by atoms with Crippen LogP contribution in [0.25, 0.3) is 0 Å². The maximum atomic E-state index is 14.5. The Balaban J connectivity index is 1.58. The number of nitriles is 1. The van der Waals surface area contributed by atoms with Crippen molar-refractivity contribution >= 4 is 17.5 Å². The molecule has 1 fully saturated rings. The molecule has 0 N–H and O–H groups in total. The van der Waals surface area contributed by atoms with Crippen LogP contribution in [0.5, 0.6) is 5.75 Å². The molecule has 162 valence electrons. The van der Waals surface area contributed by atoms with E-state index < -0.39 is 5.60 Å². The minimum atomic E-state index is -0.524.